The minimum atomic E-state index is -2.51. The number of Topliss-reactive ketones (excluding diaryl/α,β-unsaturated/α-hetero) is 2. The number of alkyl halides is 1. The highest BCUT2D eigenvalue weighted by Gasteiger charge is 2.56. The monoisotopic (exact) mass is 851 g/mol. The summed E-state index contributed by atoms with van der Waals surface area (Å²) in [5, 5.41) is 11.9. The van der Waals surface area contributed by atoms with Gasteiger partial charge in [0.15, 0.2) is 0 Å². The van der Waals surface area contributed by atoms with E-state index in [4.69, 9.17) is 40.0 Å². The summed E-state index contributed by atoms with van der Waals surface area (Å²) in [6.07, 6.45) is 5.06. The number of amides is 1. The second-order valence-electron chi connectivity index (χ2n) is 17.7. The predicted octanol–water partition coefficient (Wildman–Crippen LogP) is 6.29. The molecule has 4 rings (SSSR count). The molecule has 14 heteroatoms. The molecule has 334 valence electrons. The second kappa shape index (κ2) is 21.9. The number of cyclic esters (lactones) is 1. The van der Waals surface area contributed by atoms with Crippen LogP contribution in [0.3, 0.4) is 0 Å². The third-order valence-electron chi connectivity index (χ3n) is 13.1. The molecular weight excluding hydrogens is 782 g/mol. The van der Waals surface area contributed by atoms with Crippen LogP contribution in [0.15, 0.2) is 23.3 Å². The van der Waals surface area contributed by atoms with E-state index in [1.165, 1.54) is 26.0 Å². The van der Waals surface area contributed by atoms with E-state index in [1.807, 2.05) is 32.9 Å². The lowest BCUT2D eigenvalue weighted by atomic mass is 9.82. The van der Waals surface area contributed by atoms with Gasteiger partial charge < -0.3 is 38.4 Å². The van der Waals surface area contributed by atoms with E-state index in [9.17, 15) is 29.1 Å². The SMILES string of the molecule is CC[C@@H]1/C=C(\C)C[C@H](C)C[C@H](OC)[C@H]2O[C@@](O)(C(=O)C(=O)N3CCCC[C@H]3C(=O)O[C@H](/C(C)=C/C3CC[C@@H](Cl)[C@H](OC)C3)[C@@H](C)[C@@H](OC(C)=O)CC1=O)[C@H](C)C[C@@H]2OC. The van der Waals surface area contributed by atoms with Gasteiger partial charge in [0.2, 0.25) is 5.79 Å². The van der Waals surface area contributed by atoms with Crippen LogP contribution in [0.5, 0.6) is 0 Å². The third kappa shape index (κ3) is 12.0. The first-order chi connectivity index (χ1) is 27.9. The van der Waals surface area contributed by atoms with Crippen LogP contribution < -0.4 is 0 Å². The van der Waals surface area contributed by atoms with Crippen molar-refractivity contribution in [1.82, 2.24) is 4.90 Å². The maximum Gasteiger partial charge on any atom is 0.329 e. The van der Waals surface area contributed by atoms with Gasteiger partial charge >= 0.3 is 11.9 Å². The first-order valence-corrected chi connectivity index (χ1v) is 22.1. The van der Waals surface area contributed by atoms with E-state index in [-0.39, 0.29) is 54.9 Å². The van der Waals surface area contributed by atoms with Crippen molar-refractivity contribution in [3.05, 3.63) is 23.3 Å². The Bertz CT molecular complexity index is 1550. The molecule has 0 radical (unpaired) electrons. The fourth-order valence-corrected chi connectivity index (χ4v) is 10.0. The van der Waals surface area contributed by atoms with Crippen molar-refractivity contribution >= 4 is 41.0 Å². The van der Waals surface area contributed by atoms with Gasteiger partial charge in [-0.3, -0.25) is 19.2 Å². The molecule has 3 fully saturated rings. The molecule has 4 aliphatic rings. The van der Waals surface area contributed by atoms with Crippen LogP contribution >= 0.6 is 11.6 Å². The molecule has 2 saturated heterocycles. The standard InChI is InChI=1S/C45H70ClNO12/c1-11-32-19-25(2)18-26(3)20-38(55-9)41-39(56-10)22-28(5)45(53,59-41)42(50)43(51)47-17-13-12-14-34(47)44(52)58-40(29(6)36(24-35(32)49)57-30(7)48)27(4)21-31-15-16-33(46)37(23-31)54-8/h19,21,26,28-29,31-34,36-41,53H,11-18,20,22-24H2,1-10H3/b25-19+,27-21+/t26-,28+,29-,31?,32+,33+,34-,36-,37+,38-,39-,40+,41+,45+/m0/s1. The summed E-state index contributed by atoms with van der Waals surface area (Å²) in [7, 11) is 4.69. The molecule has 0 spiro atoms. The molecule has 1 unspecified atom stereocenters. The zero-order valence-corrected chi connectivity index (χ0v) is 37.7. The Morgan fingerprint density at radius 2 is 1.59 bits per heavy atom. The fraction of sp³-hybridized carbons (Fsp3) is 0.800. The first-order valence-electron chi connectivity index (χ1n) is 21.6. The number of methoxy groups -OCH3 is 3. The average molecular weight is 853 g/mol. The third-order valence-corrected chi connectivity index (χ3v) is 13.6. The highest BCUT2D eigenvalue weighted by molar-refractivity contribution is 6.39. The van der Waals surface area contributed by atoms with Crippen LogP contribution in [0.25, 0.3) is 0 Å². The number of carbonyl (C=O) groups is 5. The largest absolute Gasteiger partial charge is 0.462 e. The van der Waals surface area contributed by atoms with Gasteiger partial charge in [0, 0.05) is 59.0 Å². The summed E-state index contributed by atoms with van der Waals surface area (Å²) in [5.74, 6) is -8.06. The minimum Gasteiger partial charge on any atom is -0.462 e. The van der Waals surface area contributed by atoms with Gasteiger partial charge in [0.25, 0.3) is 11.7 Å². The molecule has 14 atom stereocenters. The Balaban J connectivity index is 1.82. The normalized spacial score (nSPS) is 39.9. The quantitative estimate of drug-likeness (QED) is 0.132. The maximum absolute atomic E-state index is 14.5. The summed E-state index contributed by atoms with van der Waals surface area (Å²) in [6.45, 7) is 12.6. The Labute approximate surface area is 356 Å². The molecule has 3 aliphatic heterocycles. The van der Waals surface area contributed by atoms with Gasteiger partial charge in [-0.2, -0.15) is 0 Å². The zero-order chi connectivity index (χ0) is 43.8. The highest BCUT2D eigenvalue weighted by atomic mass is 35.5. The van der Waals surface area contributed by atoms with E-state index in [0.717, 1.165) is 18.4 Å². The lowest BCUT2D eigenvalue weighted by Crippen LogP contribution is -2.64. The van der Waals surface area contributed by atoms with Crippen molar-refractivity contribution in [2.45, 2.75) is 173 Å². The average Bonchev–Trinajstić information content (AvgIpc) is 3.20. The van der Waals surface area contributed by atoms with Crippen molar-refractivity contribution < 1.29 is 57.5 Å². The van der Waals surface area contributed by atoms with E-state index in [2.05, 4.69) is 6.92 Å². The number of fused-ring (bicyclic) bond motifs is 3. The van der Waals surface area contributed by atoms with Crippen molar-refractivity contribution in [1.29, 1.82) is 0 Å². The molecule has 59 heavy (non-hydrogen) atoms. The summed E-state index contributed by atoms with van der Waals surface area (Å²) in [4.78, 5) is 71.1. The van der Waals surface area contributed by atoms with E-state index >= 15 is 0 Å². The van der Waals surface area contributed by atoms with Gasteiger partial charge in [-0.25, -0.2) is 4.79 Å². The van der Waals surface area contributed by atoms with Crippen molar-refractivity contribution in [2.75, 3.05) is 27.9 Å². The van der Waals surface area contributed by atoms with Crippen LogP contribution in [0.4, 0.5) is 0 Å². The first kappa shape index (κ1) is 49.0. The number of piperidine rings is 1. The summed E-state index contributed by atoms with van der Waals surface area (Å²) < 4.78 is 36.0. The van der Waals surface area contributed by atoms with Crippen molar-refractivity contribution in [3.63, 3.8) is 0 Å². The minimum absolute atomic E-state index is 0.0176. The Hall–Kier alpha value is -2.68. The molecule has 2 bridgehead atoms. The fourth-order valence-electron chi connectivity index (χ4n) is 9.71. The molecule has 1 amide bonds. The molecule has 0 aromatic carbocycles. The number of carbonyl (C=O) groups excluding carboxylic acids is 5. The van der Waals surface area contributed by atoms with Crippen LogP contribution in [0.1, 0.15) is 119 Å². The van der Waals surface area contributed by atoms with Gasteiger partial charge in [0.05, 0.1) is 23.7 Å². The summed E-state index contributed by atoms with van der Waals surface area (Å²) in [5.41, 5.74) is 1.67. The number of ketones is 2. The van der Waals surface area contributed by atoms with Crippen molar-refractivity contribution in [2.24, 2.45) is 29.6 Å². The number of halogens is 1. The van der Waals surface area contributed by atoms with Crippen LogP contribution in [0, 0.1) is 29.6 Å². The number of ether oxygens (including phenoxy) is 6. The predicted molar refractivity (Wildman–Crippen MR) is 221 cm³/mol. The smallest absolute Gasteiger partial charge is 0.329 e. The lowest BCUT2D eigenvalue weighted by Gasteiger charge is -2.47. The van der Waals surface area contributed by atoms with Crippen LogP contribution in [-0.2, 0) is 52.4 Å². The highest BCUT2D eigenvalue weighted by Crippen LogP contribution is 2.39. The number of esters is 2. The molecule has 1 N–H and O–H groups in total. The Morgan fingerprint density at radius 3 is 2.22 bits per heavy atom. The number of hydrogen-bond acceptors (Lipinski definition) is 12. The Morgan fingerprint density at radius 1 is 0.932 bits per heavy atom. The van der Waals surface area contributed by atoms with Crippen molar-refractivity contribution in [3.8, 4) is 0 Å². The topological polar surface area (TPSA) is 164 Å². The van der Waals surface area contributed by atoms with Crippen LogP contribution in [-0.4, -0.2) is 121 Å². The second-order valence-corrected chi connectivity index (χ2v) is 18.2. The molecule has 3 heterocycles. The number of allylic oxidation sites excluding steroid dienone is 3. The number of hydrogen-bond donors (Lipinski definition) is 1. The van der Waals surface area contributed by atoms with Crippen LogP contribution in [0.2, 0.25) is 0 Å². The number of rotatable bonds is 7. The van der Waals surface area contributed by atoms with E-state index in [0.29, 0.717) is 44.1 Å². The summed E-state index contributed by atoms with van der Waals surface area (Å²) >= 11 is 6.56. The Kier molecular flexibility index (Phi) is 18.2. The maximum atomic E-state index is 14.5. The molecule has 1 aliphatic carbocycles. The molecule has 0 aromatic heterocycles. The van der Waals surface area contributed by atoms with Gasteiger partial charge in [-0.15, -0.1) is 11.6 Å². The van der Waals surface area contributed by atoms with E-state index in [1.54, 1.807) is 21.0 Å². The van der Waals surface area contributed by atoms with Gasteiger partial charge in [-0.05, 0) is 95.5 Å². The van der Waals surface area contributed by atoms with Gasteiger partial charge in [0.1, 0.15) is 30.1 Å². The summed E-state index contributed by atoms with van der Waals surface area (Å²) in [6, 6.07) is -1.15. The lowest BCUT2D eigenvalue weighted by molar-refractivity contribution is -0.302. The molecule has 1 saturated carbocycles. The molecular formula is C45H70ClNO12. The molecule has 13 nitrogen and oxygen atoms in total. The van der Waals surface area contributed by atoms with E-state index < -0.39 is 83.7 Å². The zero-order valence-electron chi connectivity index (χ0n) is 36.9. The number of nitrogens with zero attached hydrogens (tertiary/aromatic N) is 1. The molecule has 0 aromatic rings. The van der Waals surface area contributed by atoms with Gasteiger partial charge in [-0.1, -0.05) is 45.4 Å². The number of aliphatic hydroxyl groups is 1.